The molecule has 6 heteroatoms. The molecule has 2 aromatic rings. The molecule has 0 saturated carbocycles. The van der Waals surface area contributed by atoms with Gasteiger partial charge in [0.2, 0.25) is 5.91 Å². The van der Waals surface area contributed by atoms with E-state index in [1.54, 1.807) is 0 Å². The summed E-state index contributed by atoms with van der Waals surface area (Å²) in [5.41, 5.74) is 3.76. The number of benzene rings is 2. The number of aryl methyl sites for hydroxylation is 1. The van der Waals surface area contributed by atoms with Gasteiger partial charge in [0.1, 0.15) is 0 Å². The SMILES string of the molecule is Cc1cccc(N2CCN(C(=O)CN3CCC[C@@H]3c3ccc4c(c3)OCCCO4)CC2)c1. The minimum Gasteiger partial charge on any atom is -0.490 e. The summed E-state index contributed by atoms with van der Waals surface area (Å²) in [5, 5.41) is 0. The van der Waals surface area contributed by atoms with Gasteiger partial charge in [-0.3, -0.25) is 9.69 Å². The number of amides is 1. The predicted octanol–water partition coefficient (Wildman–Crippen LogP) is 3.64. The van der Waals surface area contributed by atoms with Crippen LogP contribution in [0.4, 0.5) is 5.69 Å². The van der Waals surface area contributed by atoms with Crippen LogP contribution in [-0.2, 0) is 4.79 Å². The Hall–Kier alpha value is -2.73. The maximum Gasteiger partial charge on any atom is 0.236 e. The van der Waals surface area contributed by atoms with Crippen molar-refractivity contribution in [3.63, 3.8) is 0 Å². The third-order valence-corrected chi connectivity index (χ3v) is 6.86. The number of rotatable bonds is 4. The van der Waals surface area contributed by atoms with Crippen molar-refractivity contribution in [1.29, 1.82) is 0 Å². The van der Waals surface area contributed by atoms with E-state index in [2.05, 4.69) is 53.1 Å². The van der Waals surface area contributed by atoms with Crippen LogP contribution < -0.4 is 14.4 Å². The Morgan fingerprint density at radius 3 is 2.56 bits per heavy atom. The van der Waals surface area contributed by atoms with Gasteiger partial charge in [-0.1, -0.05) is 18.2 Å². The van der Waals surface area contributed by atoms with Crippen LogP contribution in [0.3, 0.4) is 0 Å². The number of likely N-dealkylation sites (tertiary alicyclic amines) is 1. The molecule has 0 unspecified atom stereocenters. The van der Waals surface area contributed by atoms with E-state index in [0.717, 1.165) is 63.5 Å². The first-order valence-electron chi connectivity index (χ1n) is 11.9. The van der Waals surface area contributed by atoms with Gasteiger partial charge in [0, 0.05) is 44.3 Å². The smallest absolute Gasteiger partial charge is 0.236 e. The fourth-order valence-corrected chi connectivity index (χ4v) is 5.09. The Morgan fingerprint density at radius 1 is 0.938 bits per heavy atom. The molecule has 0 N–H and O–H groups in total. The number of nitrogens with zero attached hydrogens (tertiary/aromatic N) is 3. The highest BCUT2D eigenvalue weighted by atomic mass is 16.5. The Bertz CT molecular complexity index is 955. The maximum absolute atomic E-state index is 13.1. The number of piperazine rings is 1. The second-order valence-corrected chi connectivity index (χ2v) is 9.09. The van der Waals surface area contributed by atoms with Crippen molar-refractivity contribution < 1.29 is 14.3 Å². The first-order valence-corrected chi connectivity index (χ1v) is 11.9. The highest BCUT2D eigenvalue weighted by molar-refractivity contribution is 5.78. The fraction of sp³-hybridized carbons (Fsp3) is 0.500. The zero-order chi connectivity index (χ0) is 21.9. The zero-order valence-electron chi connectivity index (χ0n) is 19.0. The van der Waals surface area contributed by atoms with Crippen LogP contribution in [0.2, 0.25) is 0 Å². The number of hydrogen-bond donors (Lipinski definition) is 0. The molecule has 2 aromatic carbocycles. The third kappa shape index (κ3) is 4.56. The van der Waals surface area contributed by atoms with E-state index in [9.17, 15) is 4.79 Å². The van der Waals surface area contributed by atoms with E-state index >= 15 is 0 Å². The van der Waals surface area contributed by atoms with Gasteiger partial charge in [0.15, 0.2) is 11.5 Å². The Morgan fingerprint density at radius 2 is 1.75 bits per heavy atom. The average Bonchev–Trinajstić information content (AvgIpc) is 3.14. The zero-order valence-corrected chi connectivity index (χ0v) is 19.0. The van der Waals surface area contributed by atoms with Crippen LogP contribution in [0.5, 0.6) is 11.5 Å². The maximum atomic E-state index is 13.1. The molecule has 0 radical (unpaired) electrons. The number of hydrogen-bond acceptors (Lipinski definition) is 5. The lowest BCUT2D eigenvalue weighted by molar-refractivity contribution is -0.133. The molecule has 2 fully saturated rings. The third-order valence-electron chi connectivity index (χ3n) is 6.86. The summed E-state index contributed by atoms with van der Waals surface area (Å²) in [4.78, 5) is 19.9. The number of carbonyl (C=O) groups excluding carboxylic acids is 1. The van der Waals surface area contributed by atoms with E-state index in [-0.39, 0.29) is 11.9 Å². The van der Waals surface area contributed by atoms with Crippen molar-refractivity contribution in [2.75, 3.05) is 57.4 Å². The molecule has 0 aliphatic carbocycles. The molecule has 0 bridgehead atoms. The topological polar surface area (TPSA) is 45.2 Å². The molecular weight excluding hydrogens is 402 g/mol. The van der Waals surface area contributed by atoms with E-state index in [1.165, 1.54) is 16.8 Å². The molecule has 3 aliphatic rings. The monoisotopic (exact) mass is 435 g/mol. The fourth-order valence-electron chi connectivity index (χ4n) is 5.09. The average molecular weight is 436 g/mol. The molecule has 32 heavy (non-hydrogen) atoms. The van der Waals surface area contributed by atoms with Gasteiger partial charge in [-0.05, 0) is 61.7 Å². The van der Waals surface area contributed by atoms with Gasteiger partial charge >= 0.3 is 0 Å². The van der Waals surface area contributed by atoms with E-state index in [1.807, 2.05) is 11.0 Å². The van der Waals surface area contributed by atoms with E-state index in [4.69, 9.17) is 9.47 Å². The first kappa shape index (κ1) is 21.1. The molecule has 3 heterocycles. The summed E-state index contributed by atoms with van der Waals surface area (Å²) < 4.78 is 11.7. The summed E-state index contributed by atoms with van der Waals surface area (Å²) in [6.45, 7) is 8.33. The lowest BCUT2D eigenvalue weighted by Crippen LogP contribution is -2.51. The van der Waals surface area contributed by atoms with Gasteiger partial charge in [0.25, 0.3) is 0 Å². The second-order valence-electron chi connectivity index (χ2n) is 9.09. The van der Waals surface area contributed by atoms with Gasteiger partial charge in [-0.25, -0.2) is 0 Å². The molecule has 0 spiro atoms. The molecule has 3 aliphatic heterocycles. The highest BCUT2D eigenvalue weighted by Gasteiger charge is 2.31. The van der Waals surface area contributed by atoms with Crippen molar-refractivity contribution in [2.45, 2.75) is 32.2 Å². The normalized spacial score (nSPS) is 21.5. The molecule has 170 valence electrons. The number of fused-ring (bicyclic) bond motifs is 1. The van der Waals surface area contributed by atoms with Crippen molar-refractivity contribution in [2.24, 2.45) is 0 Å². The Balaban J connectivity index is 1.20. The van der Waals surface area contributed by atoms with Gasteiger partial charge < -0.3 is 19.3 Å². The van der Waals surface area contributed by atoms with Gasteiger partial charge in [0.05, 0.1) is 19.8 Å². The molecule has 5 rings (SSSR count). The van der Waals surface area contributed by atoms with Crippen LogP contribution in [-0.4, -0.2) is 68.2 Å². The number of carbonyl (C=O) groups is 1. The van der Waals surface area contributed by atoms with Crippen LogP contribution in [0.1, 0.15) is 36.4 Å². The van der Waals surface area contributed by atoms with E-state index < -0.39 is 0 Å². The number of anilines is 1. The quantitative estimate of drug-likeness (QED) is 0.734. The van der Waals surface area contributed by atoms with Crippen LogP contribution in [0, 0.1) is 6.92 Å². The van der Waals surface area contributed by atoms with E-state index in [0.29, 0.717) is 19.8 Å². The molecule has 1 amide bonds. The summed E-state index contributed by atoms with van der Waals surface area (Å²) in [6, 6.07) is 15.2. The highest BCUT2D eigenvalue weighted by Crippen LogP contribution is 2.37. The molecule has 2 saturated heterocycles. The van der Waals surface area contributed by atoms with Crippen LogP contribution in [0.25, 0.3) is 0 Å². The standard InChI is InChI=1S/C26H33N3O3/c1-20-5-2-6-22(17-20)27-11-13-28(14-12-27)26(30)19-29-10-3-7-23(29)21-8-9-24-25(18-21)32-16-4-15-31-24/h2,5-6,8-9,17-18,23H,3-4,7,10-16,19H2,1H3/t23-/m1/s1. The minimum atomic E-state index is 0.245. The van der Waals surface area contributed by atoms with Crippen LogP contribution >= 0.6 is 0 Å². The molecular formula is C26H33N3O3. The Kier molecular flexibility index (Phi) is 6.21. The van der Waals surface area contributed by atoms with Crippen molar-refractivity contribution in [1.82, 2.24) is 9.80 Å². The predicted molar refractivity (Wildman–Crippen MR) is 126 cm³/mol. The lowest BCUT2D eigenvalue weighted by Gasteiger charge is -2.37. The van der Waals surface area contributed by atoms with Gasteiger partial charge in [-0.15, -0.1) is 0 Å². The largest absolute Gasteiger partial charge is 0.490 e. The second kappa shape index (κ2) is 9.41. The lowest BCUT2D eigenvalue weighted by atomic mass is 10.0. The summed E-state index contributed by atoms with van der Waals surface area (Å²) >= 11 is 0. The Labute approximate surface area is 190 Å². The molecule has 0 aromatic heterocycles. The van der Waals surface area contributed by atoms with Gasteiger partial charge in [-0.2, -0.15) is 0 Å². The van der Waals surface area contributed by atoms with Crippen LogP contribution in [0.15, 0.2) is 42.5 Å². The molecule has 6 nitrogen and oxygen atoms in total. The summed E-state index contributed by atoms with van der Waals surface area (Å²) in [7, 11) is 0. The van der Waals surface area contributed by atoms with Crippen molar-refractivity contribution in [3.05, 3.63) is 53.6 Å². The summed E-state index contributed by atoms with van der Waals surface area (Å²) in [5.74, 6) is 1.92. The number of ether oxygens (including phenoxy) is 2. The summed E-state index contributed by atoms with van der Waals surface area (Å²) in [6.07, 6.45) is 3.10. The van der Waals surface area contributed by atoms with Crippen molar-refractivity contribution >= 4 is 11.6 Å². The first-order chi connectivity index (χ1) is 15.7. The molecule has 1 atom stereocenters. The van der Waals surface area contributed by atoms with Crippen molar-refractivity contribution in [3.8, 4) is 11.5 Å². The minimum absolute atomic E-state index is 0.245.